The molecule has 0 N–H and O–H groups in total. The largest absolute Gasteiger partial charge is 0.455 e. The second-order valence-corrected chi connectivity index (χ2v) is 17.8. The van der Waals surface area contributed by atoms with Gasteiger partial charge in [-0.25, -0.2) is 0 Å². The van der Waals surface area contributed by atoms with E-state index in [4.69, 9.17) is 4.42 Å². The monoisotopic (exact) mass is 845 g/mol. The zero-order valence-electron chi connectivity index (χ0n) is 35.3. The third-order valence-corrected chi connectivity index (χ3v) is 14.3. The Bertz CT molecular complexity index is 3920. The highest BCUT2D eigenvalue weighted by atomic mass is 32.1. The zero-order valence-corrected chi connectivity index (χ0v) is 36.1. The third kappa shape index (κ3) is 6.24. The lowest BCUT2D eigenvalue weighted by Gasteiger charge is -2.29. The molecule has 0 amide bonds. The van der Waals surface area contributed by atoms with Crippen LogP contribution in [0.25, 0.3) is 108 Å². The maximum atomic E-state index is 7.10. The minimum Gasteiger partial charge on any atom is -0.455 e. The van der Waals surface area contributed by atoms with Crippen molar-refractivity contribution < 1.29 is 4.42 Å². The summed E-state index contributed by atoms with van der Waals surface area (Å²) in [6.07, 6.45) is 0. The fourth-order valence-electron chi connectivity index (χ4n) is 9.95. The lowest BCUT2D eigenvalue weighted by Crippen LogP contribution is -2.11. The highest BCUT2D eigenvalue weighted by molar-refractivity contribution is 7.26. The summed E-state index contributed by atoms with van der Waals surface area (Å²) < 4.78 is 9.62. The topological polar surface area (TPSA) is 16.4 Å². The molecule has 0 bridgehead atoms. The normalized spacial score (nSPS) is 11.7. The number of fused-ring (bicyclic) bond motifs is 9. The van der Waals surface area contributed by atoms with Gasteiger partial charge < -0.3 is 9.32 Å². The summed E-state index contributed by atoms with van der Waals surface area (Å²) in [5.41, 5.74) is 14.4. The Morgan fingerprint density at radius 2 is 0.892 bits per heavy atom. The Kier molecular flexibility index (Phi) is 8.75. The lowest BCUT2D eigenvalue weighted by atomic mass is 9.91. The van der Waals surface area contributed by atoms with Crippen molar-refractivity contribution in [1.29, 1.82) is 0 Å². The Morgan fingerprint density at radius 3 is 1.65 bits per heavy atom. The number of benzene rings is 11. The van der Waals surface area contributed by atoms with Gasteiger partial charge in [0.15, 0.2) is 0 Å². The van der Waals surface area contributed by atoms with Gasteiger partial charge in [0.1, 0.15) is 11.2 Å². The number of furan rings is 1. The highest BCUT2D eigenvalue weighted by Crippen LogP contribution is 2.50. The molecule has 0 fully saturated rings. The van der Waals surface area contributed by atoms with E-state index in [-0.39, 0.29) is 0 Å². The first kappa shape index (κ1) is 37.3. The van der Waals surface area contributed by atoms with Crippen LogP contribution in [0.4, 0.5) is 17.1 Å². The van der Waals surface area contributed by atoms with Crippen molar-refractivity contribution in [2.75, 3.05) is 4.90 Å². The molecule has 0 aliphatic rings. The van der Waals surface area contributed by atoms with Crippen LogP contribution in [0.5, 0.6) is 0 Å². The van der Waals surface area contributed by atoms with Gasteiger partial charge >= 0.3 is 0 Å². The van der Waals surface area contributed by atoms with Crippen LogP contribution in [-0.2, 0) is 0 Å². The van der Waals surface area contributed by atoms with Crippen LogP contribution in [0.15, 0.2) is 241 Å². The molecule has 13 rings (SSSR count). The summed E-state index contributed by atoms with van der Waals surface area (Å²) in [6.45, 7) is 0. The fraction of sp³-hybridized carbons (Fsp3) is 0. The van der Waals surface area contributed by atoms with E-state index in [1.54, 1.807) is 0 Å². The van der Waals surface area contributed by atoms with E-state index in [9.17, 15) is 0 Å². The molecule has 3 heteroatoms. The molecule has 304 valence electrons. The Balaban J connectivity index is 1.12. The Labute approximate surface area is 380 Å². The van der Waals surface area contributed by atoms with Crippen LogP contribution in [0.3, 0.4) is 0 Å². The van der Waals surface area contributed by atoms with Crippen LogP contribution in [0.2, 0.25) is 0 Å². The number of nitrogens with zero attached hydrogens (tertiary/aromatic N) is 1. The first-order chi connectivity index (χ1) is 32.2. The van der Waals surface area contributed by atoms with Gasteiger partial charge in [-0.1, -0.05) is 194 Å². The minimum absolute atomic E-state index is 0.852. The van der Waals surface area contributed by atoms with E-state index in [0.29, 0.717) is 0 Å². The van der Waals surface area contributed by atoms with Crippen LogP contribution < -0.4 is 4.90 Å². The first-order valence-corrected chi connectivity index (χ1v) is 23.0. The van der Waals surface area contributed by atoms with E-state index >= 15 is 0 Å². The van der Waals surface area contributed by atoms with Gasteiger partial charge in [-0.3, -0.25) is 0 Å². The van der Waals surface area contributed by atoms with Gasteiger partial charge in [-0.2, -0.15) is 0 Å². The SMILES string of the molecule is c1ccc(-c2ccc(-c3cc4oc5c6ccccc6c(-c6cccc7ccccc67)cc5c4cc3N(c3ccc(-c4ccccc4)cc3)c3cccc4c3sc3ccccc34)cc2)cc1. The first-order valence-electron chi connectivity index (χ1n) is 22.2. The van der Waals surface area contributed by atoms with Gasteiger partial charge in [0.25, 0.3) is 0 Å². The molecule has 0 saturated carbocycles. The van der Waals surface area contributed by atoms with Gasteiger partial charge in [-0.05, 0) is 97.6 Å². The predicted molar refractivity (Wildman–Crippen MR) is 278 cm³/mol. The van der Waals surface area contributed by atoms with Crippen LogP contribution in [-0.4, -0.2) is 0 Å². The van der Waals surface area contributed by atoms with Crippen molar-refractivity contribution in [1.82, 2.24) is 0 Å². The van der Waals surface area contributed by atoms with Gasteiger partial charge in [-0.15, -0.1) is 11.3 Å². The molecule has 11 aromatic carbocycles. The smallest absolute Gasteiger partial charge is 0.143 e. The molecule has 0 aliphatic heterocycles. The van der Waals surface area contributed by atoms with E-state index in [0.717, 1.165) is 55.5 Å². The van der Waals surface area contributed by atoms with Crippen molar-refractivity contribution >= 4 is 92.1 Å². The predicted octanol–water partition coefficient (Wildman–Crippen LogP) is 18.4. The van der Waals surface area contributed by atoms with Gasteiger partial charge in [0.05, 0.1) is 16.1 Å². The summed E-state index contributed by atoms with van der Waals surface area (Å²) >= 11 is 1.86. The van der Waals surface area contributed by atoms with E-state index in [1.165, 1.54) is 69.7 Å². The van der Waals surface area contributed by atoms with Crippen LogP contribution in [0, 0.1) is 0 Å². The standard InChI is InChI=1S/C62H39NOS/c1-3-15-40(16-4-1)42-29-31-45(32-30-42)53-39-59-55(56-37-54(49-22-9-10-24-51(49)61(56)64-59)48-25-13-20-44-19-7-8-21-47(44)48)38-58(53)63(46-35-33-43(34-36-46)41-17-5-2-6-18-41)57-27-14-26-52-50-23-11-12-28-60(50)65-62(52)57/h1-39H. The number of hydrogen-bond acceptors (Lipinski definition) is 3. The second kappa shape index (κ2) is 15.2. The maximum Gasteiger partial charge on any atom is 0.143 e. The maximum absolute atomic E-state index is 7.10. The number of thiophene rings is 1. The minimum atomic E-state index is 0.852. The second-order valence-electron chi connectivity index (χ2n) is 16.8. The summed E-state index contributed by atoms with van der Waals surface area (Å²) in [4.78, 5) is 2.48. The third-order valence-electron chi connectivity index (χ3n) is 13.1. The Hall–Kier alpha value is -8.24. The molecule has 2 aromatic heterocycles. The average Bonchev–Trinajstić information content (AvgIpc) is 3.95. The molecule has 2 nitrogen and oxygen atoms in total. The van der Waals surface area contributed by atoms with Crippen LogP contribution in [0.1, 0.15) is 0 Å². The molecule has 0 atom stereocenters. The van der Waals surface area contributed by atoms with Gasteiger partial charge in [0.2, 0.25) is 0 Å². The Morgan fingerprint density at radius 1 is 0.323 bits per heavy atom. The van der Waals surface area contributed by atoms with Crippen molar-refractivity contribution in [3.05, 3.63) is 237 Å². The number of anilines is 3. The summed E-state index contributed by atoms with van der Waals surface area (Å²) in [5.74, 6) is 0. The summed E-state index contributed by atoms with van der Waals surface area (Å²) in [6, 6.07) is 85.9. The quantitative estimate of drug-likeness (QED) is 0.159. The van der Waals surface area contributed by atoms with E-state index < -0.39 is 0 Å². The molecule has 0 spiro atoms. The number of hydrogen-bond donors (Lipinski definition) is 0. The molecule has 2 heterocycles. The van der Waals surface area contributed by atoms with Crippen LogP contribution >= 0.6 is 11.3 Å². The van der Waals surface area contributed by atoms with Crippen molar-refractivity contribution in [3.63, 3.8) is 0 Å². The van der Waals surface area contributed by atoms with Crippen molar-refractivity contribution in [3.8, 4) is 44.5 Å². The zero-order chi connectivity index (χ0) is 42.8. The highest BCUT2D eigenvalue weighted by Gasteiger charge is 2.25. The number of rotatable bonds is 7. The molecule has 0 aliphatic carbocycles. The molecular formula is C62H39NOS. The molecule has 0 radical (unpaired) electrons. The molecule has 13 aromatic rings. The molecule has 0 saturated heterocycles. The summed E-state index contributed by atoms with van der Waals surface area (Å²) in [5, 5.41) is 9.41. The molecular weight excluding hydrogens is 807 g/mol. The van der Waals surface area contributed by atoms with Crippen molar-refractivity contribution in [2.24, 2.45) is 0 Å². The summed E-state index contributed by atoms with van der Waals surface area (Å²) in [7, 11) is 0. The molecule has 65 heavy (non-hydrogen) atoms. The average molecular weight is 846 g/mol. The fourth-order valence-corrected chi connectivity index (χ4v) is 11.2. The van der Waals surface area contributed by atoms with E-state index in [2.05, 4.69) is 241 Å². The van der Waals surface area contributed by atoms with Crippen molar-refractivity contribution in [2.45, 2.75) is 0 Å². The van der Waals surface area contributed by atoms with Gasteiger partial charge in [0, 0.05) is 42.9 Å². The lowest BCUT2D eigenvalue weighted by molar-refractivity contribution is 0.673. The van der Waals surface area contributed by atoms with E-state index in [1.807, 2.05) is 11.3 Å². The molecule has 0 unspecified atom stereocenters.